The van der Waals surface area contributed by atoms with Crippen molar-refractivity contribution >= 4 is 17.0 Å². The monoisotopic (exact) mass is 423 g/mol. The van der Waals surface area contributed by atoms with E-state index in [0.717, 1.165) is 27.7 Å². The molecule has 95 valence electrons. The standard InChI is InChI=1S/C17H12N.Ir/c1-2-13-8-10-17-15(12-13)9-11-16(18-17)14-6-4-3-5-7-14;/h2-6,8-12H,1H2;/q-1;. The molecule has 0 spiro atoms. The fourth-order valence-electron chi connectivity index (χ4n) is 1.97. The largest absolute Gasteiger partial charge is 0.296 e. The van der Waals surface area contributed by atoms with Gasteiger partial charge in [-0.25, -0.2) is 0 Å². The number of pyridine rings is 1. The molecule has 1 nitrogen and oxygen atoms in total. The summed E-state index contributed by atoms with van der Waals surface area (Å²) in [5, 5.41) is 1.13. The van der Waals surface area contributed by atoms with E-state index in [1.165, 1.54) is 0 Å². The topological polar surface area (TPSA) is 12.9 Å². The van der Waals surface area contributed by atoms with Crippen LogP contribution in [-0.2, 0) is 20.1 Å². The minimum Gasteiger partial charge on any atom is -0.296 e. The Morgan fingerprint density at radius 3 is 2.68 bits per heavy atom. The molecule has 2 aromatic carbocycles. The molecule has 0 N–H and O–H groups in total. The Kier molecular flexibility index (Phi) is 4.26. The maximum Gasteiger partial charge on any atom is 0.0595 e. The molecular formula is C17H12IrN-. The first-order valence-corrected chi connectivity index (χ1v) is 5.87. The minimum absolute atomic E-state index is 0. The Balaban J connectivity index is 0.00000133. The molecule has 0 bridgehead atoms. The Morgan fingerprint density at radius 1 is 1.05 bits per heavy atom. The van der Waals surface area contributed by atoms with E-state index < -0.39 is 0 Å². The number of rotatable bonds is 2. The summed E-state index contributed by atoms with van der Waals surface area (Å²) in [6, 6.07) is 21.3. The van der Waals surface area contributed by atoms with E-state index in [1.807, 2.05) is 48.5 Å². The molecule has 0 atom stereocenters. The van der Waals surface area contributed by atoms with Gasteiger partial charge in [0.25, 0.3) is 0 Å². The van der Waals surface area contributed by atoms with Crippen molar-refractivity contribution in [2.75, 3.05) is 0 Å². The molecule has 1 radical (unpaired) electrons. The zero-order chi connectivity index (χ0) is 12.4. The van der Waals surface area contributed by atoms with Crippen molar-refractivity contribution in [3.8, 4) is 11.3 Å². The van der Waals surface area contributed by atoms with Crippen LogP contribution in [0.25, 0.3) is 28.2 Å². The predicted octanol–water partition coefficient (Wildman–Crippen LogP) is 4.34. The van der Waals surface area contributed by atoms with Crippen LogP contribution in [0.15, 0.2) is 61.2 Å². The van der Waals surface area contributed by atoms with Gasteiger partial charge in [-0.2, -0.15) is 0 Å². The van der Waals surface area contributed by atoms with E-state index in [-0.39, 0.29) is 20.1 Å². The van der Waals surface area contributed by atoms with Gasteiger partial charge in [0.05, 0.1) is 5.52 Å². The molecule has 0 amide bonds. The quantitative estimate of drug-likeness (QED) is 0.560. The van der Waals surface area contributed by atoms with E-state index in [9.17, 15) is 0 Å². The molecule has 0 aliphatic rings. The fraction of sp³-hybridized carbons (Fsp3) is 0. The van der Waals surface area contributed by atoms with Crippen LogP contribution < -0.4 is 0 Å². The molecule has 1 heterocycles. The van der Waals surface area contributed by atoms with Gasteiger partial charge in [-0.15, -0.1) is 35.9 Å². The van der Waals surface area contributed by atoms with E-state index in [4.69, 9.17) is 0 Å². The SMILES string of the molecule is C=Cc1ccc2nc(-c3[c-]cccc3)ccc2c1.[Ir]. The van der Waals surface area contributed by atoms with Crippen LogP contribution in [0.1, 0.15) is 5.56 Å². The van der Waals surface area contributed by atoms with Gasteiger partial charge in [0.15, 0.2) is 0 Å². The number of aromatic nitrogens is 1. The first kappa shape index (κ1) is 13.7. The Morgan fingerprint density at radius 2 is 1.95 bits per heavy atom. The van der Waals surface area contributed by atoms with Crippen LogP contribution >= 0.6 is 0 Å². The van der Waals surface area contributed by atoms with Gasteiger partial charge in [0.2, 0.25) is 0 Å². The van der Waals surface area contributed by atoms with Gasteiger partial charge in [0, 0.05) is 20.1 Å². The summed E-state index contributed by atoms with van der Waals surface area (Å²) >= 11 is 0. The van der Waals surface area contributed by atoms with Crippen molar-refractivity contribution in [1.82, 2.24) is 4.98 Å². The molecule has 3 aromatic rings. The number of hydrogen-bond donors (Lipinski definition) is 0. The zero-order valence-electron chi connectivity index (χ0n) is 10.3. The average molecular weight is 423 g/mol. The van der Waals surface area contributed by atoms with Crippen LogP contribution in [0.3, 0.4) is 0 Å². The van der Waals surface area contributed by atoms with Gasteiger partial charge in [0.1, 0.15) is 0 Å². The molecule has 0 aliphatic carbocycles. The molecule has 3 rings (SSSR count). The second-order valence-corrected chi connectivity index (χ2v) is 4.13. The number of fused-ring (bicyclic) bond motifs is 1. The molecule has 19 heavy (non-hydrogen) atoms. The van der Waals surface area contributed by atoms with Crippen LogP contribution in [0.4, 0.5) is 0 Å². The summed E-state index contributed by atoms with van der Waals surface area (Å²) < 4.78 is 0. The summed E-state index contributed by atoms with van der Waals surface area (Å²) in [5.74, 6) is 0. The number of benzene rings is 2. The van der Waals surface area contributed by atoms with E-state index >= 15 is 0 Å². The summed E-state index contributed by atoms with van der Waals surface area (Å²) in [4.78, 5) is 4.66. The normalized spacial score (nSPS) is 9.89. The third-order valence-corrected chi connectivity index (χ3v) is 2.93. The molecule has 1 aromatic heterocycles. The van der Waals surface area contributed by atoms with Crippen LogP contribution in [-0.4, -0.2) is 4.98 Å². The maximum absolute atomic E-state index is 4.66. The molecule has 0 unspecified atom stereocenters. The van der Waals surface area contributed by atoms with Crippen LogP contribution in [0.2, 0.25) is 0 Å². The van der Waals surface area contributed by atoms with Gasteiger partial charge < -0.3 is 0 Å². The van der Waals surface area contributed by atoms with E-state index in [1.54, 1.807) is 0 Å². The third kappa shape index (κ3) is 2.81. The van der Waals surface area contributed by atoms with Crippen molar-refractivity contribution in [3.63, 3.8) is 0 Å². The summed E-state index contributed by atoms with van der Waals surface area (Å²) in [5.41, 5.74) is 4.08. The van der Waals surface area contributed by atoms with Gasteiger partial charge in [-0.3, -0.25) is 4.98 Å². The third-order valence-electron chi connectivity index (χ3n) is 2.93. The average Bonchev–Trinajstić information content (AvgIpc) is 2.47. The smallest absolute Gasteiger partial charge is 0.0595 e. The van der Waals surface area contributed by atoms with Crippen molar-refractivity contribution in [2.24, 2.45) is 0 Å². The Labute approximate surface area is 126 Å². The molecule has 0 aliphatic heterocycles. The minimum atomic E-state index is 0. The Bertz CT molecular complexity index is 705. The molecule has 0 saturated carbocycles. The molecule has 0 fully saturated rings. The van der Waals surface area contributed by atoms with Crippen molar-refractivity contribution in [1.29, 1.82) is 0 Å². The van der Waals surface area contributed by atoms with Gasteiger partial charge in [-0.1, -0.05) is 30.9 Å². The van der Waals surface area contributed by atoms with Crippen LogP contribution in [0, 0.1) is 6.07 Å². The van der Waals surface area contributed by atoms with Gasteiger partial charge in [-0.05, 0) is 28.8 Å². The Hall–Kier alpha value is -1.76. The first-order chi connectivity index (χ1) is 8.86. The predicted molar refractivity (Wildman–Crippen MR) is 76.1 cm³/mol. The van der Waals surface area contributed by atoms with E-state index in [2.05, 4.69) is 29.8 Å². The van der Waals surface area contributed by atoms with Crippen LogP contribution in [0.5, 0.6) is 0 Å². The fourth-order valence-corrected chi connectivity index (χ4v) is 1.97. The zero-order valence-corrected chi connectivity index (χ0v) is 12.7. The number of nitrogens with zero attached hydrogens (tertiary/aromatic N) is 1. The molecule has 0 saturated heterocycles. The van der Waals surface area contributed by atoms with Crippen molar-refractivity contribution in [3.05, 3.63) is 72.8 Å². The summed E-state index contributed by atoms with van der Waals surface area (Å²) in [6.45, 7) is 3.78. The summed E-state index contributed by atoms with van der Waals surface area (Å²) in [7, 11) is 0. The molecular weight excluding hydrogens is 410 g/mol. The van der Waals surface area contributed by atoms with Gasteiger partial charge >= 0.3 is 0 Å². The van der Waals surface area contributed by atoms with Crippen molar-refractivity contribution < 1.29 is 20.1 Å². The second-order valence-electron chi connectivity index (χ2n) is 4.13. The maximum atomic E-state index is 4.66. The molecule has 2 heteroatoms. The second kappa shape index (κ2) is 5.92. The summed E-state index contributed by atoms with van der Waals surface area (Å²) in [6.07, 6.45) is 1.85. The number of hydrogen-bond acceptors (Lipinski definition) is 1. The van der Waals surface area contributed by atoms with Crippen molar-refractivity contribution in [2.45, 2.75) is 0 Å². The first-order valence-electron chi connectivity index (χ1n) is 5.87. The van der Waals surface area contributed by atoms with E-state index in [0.29, 0.717) is 0 Å².